The smallest absolute Gasteiger partial charge is 0.0683 e. The van der Waals surface area contributed by atoms with Gasteiger partial charge in [0.25, 0.3) is 0 Å². The van der Waals surface area contributed by atoms with E-state index in [1.807, 2.05) is 32.0 Å². The van der Waals surface area contributed by atoms with Crippen LogP contribution in [0.15, 0.2) is 140 Å². The number of benzene rings is 5. The van der Waals surface area contributed by atoms with E-state index in [0.29, 0.717) is 0 Å². The van der Waals surface area contributed by atoms with Crippen LogP contribution < -0.4 is 0 Å². The molecule has 34 heavy (non-hydrogen) atoms. The van der Waals surface area contributed by atoms with Crippen molar-refractivity contribution in [1.82, 2.24) is 0 Å². The number of aryl methyl sites for hydroxylation is 1. The molecule has 0 N–H and O–H groups in total. The first-order valence-electron chi connectivity index (χ1n) is 12.1. The van der Waals surface area contributed by atoms with E-state index in [1.54, 1.807) is 0 Å². The Bertz CT molecular complexity index is 1220. The van der Waals surface area contributed by atoms with Crippen LogP contribution in [0.25, 0.3) is 11.1 Å². The normalized spacial score (nSPS) is 12.2. The molecule has 0 fully saturated rings. The van der Waals surface area contributed by atoms with Crippen LogP contribution in [-0.2, 0) is 5.41 Å². The van der Waals surface area contributed by atoms with Gasteiger partial charge in [-0.1, -0.05) is 159 Å². The summed E-state index contributed by atoms with van der Waals surface area (Å²) in [6.07, 6.45) is 0. The first kappa shape index (κ1) is 23.3. The van der Waals surface area contributed by atoms with Crippen molar-refractivity contribution in [2.45, 2.75) is 26.2 Å². The van der Waals surface area contributed by atoms with E-state index in [9.17, 15) is 0 Å². The van der Waals surface area contributed by atoms with Gasteiger partial charge >= 0.3 is 0 Å². The zero-order valence-corrected chi connectivity index (χ0v) is 20.3. The van der Waals surface area contributed by atoms with Gasteiger partial charge in [-0.2, -0.15) is 0 Å². The first-order valence-corrected chi connectivity index (χ1v) is 12.1. The van der Waals surface area contributed by atoms with Crippen LogP contribution in [0.4, 0.5) is 0 Å². The largest absolute Gasteiger partial charge is 0.0713 e. The SMILES string of the molecule is CC.Cc1ccccc1.c1ccc(C2(c3ccccc3)c3ccccc3-c3ccccc32)cc1. The van der Waals surface area contributed by atoms with Crippen molar-refractivity contribution in [3.63, 3.8) is 0 Å². The minimum atomic E-state index is -0.254. The van der Waals surface area contributed by atoms with Crippen molar-refractivity contribution < 1.29 is 0 Å². The Morgan fingerprint density at radius 2 is 0.706 bits per heavy atom. The minimum absolute atomic E-state index is 0.254. The van der Waals surface area contributed by atoms with Crippen molar-refractivity contribution >= 4 is 0 Å². The van der Waals surface area contributed by atoms with Crippen molar-refractivity contribution in [2.24, 2.45) is 0 Å². The number of fused-ring (bicyclic) bond motifs is 3. The fourth-order valence-electron chi connectivity index (χ4n) is 4.93. The molecule has 0 saturated carbocycles. The van der Waals surface area contributed by atoms with Gasteiger partial charge in [0.2, 0.25) is 0 Å². The molecule has 1 aliphatic rings. The maximum Gasteiger partial charge on any atom is 0.0713 e. The summed E-state index contributed by atoms with van der Waals surface area (Å²) in [5.74, 6) is 0. The van der Waals surface area contributed by atoms with E-state index in [4.69, 9.17) is 0 Å². The van der Waals surface area contributed by atoms with Gasteiger partial charge in [0, 0.05) is 0 Å². The quantitative estimate of drug-likeness (QED) is 0.252. The summed E-state index contributed by atoms with van der Waals surface area (Å²) < 4.78 is 0. The first-order chi connectivity index (χ1) is 16.8. The third-order valence-corrected chi connectivity index (χ3v) is 6.31. The fraction of sp³-hybridized carbons (Fsp3) is 0.118. The highest BCUT2D eigenvalue weighted by Crippen LogP contribution is 2.55. The van der Waals surface area contributed by atoms with Gasteiger partial charge in [-0.05, 0) is 40.3 Å². The van der Waals surface area contributed by atoms with Gasteiger partial charge in [0.15, 0.2) is 0 Å². The highest BCUT2D eigenvalue weighted by atomic mass is 14.5. The molecule has 168 valence electrons. The van der Waals surface area contributed by atoms with Gasteiger partial charge in [-0.3, -0.25) is 0 Å². The highest BCUT2D eigenvalue weighted by molar-refractivity contribution is 5.86. The molecule has 0 atom stereocenters. The second kappa shape index (κ2) is 10.8. The molecular weight excluding hydrogens is 408 g/mol. The average molecular weight is 441 g/mol. The van der Waals surface area contributed by atoms with Gasteiger partial charge in [-0.15, -0.1) is 0 Å². The van der Waals surface area contributed by atoms with Crippen LogP contribution in [0.5, 0.6) is 0 Å². The third-order valence-electron chi connectivity index (χ3n) is 6.31. The molecule has 0 saturated heterocycles. The molecule has 0 aromatic heterocycles. The molecule has 0 bridgehead atoms. The number of hydrogen-bond acceptors (Lipinski definition) is 0. The summed E-state index contributed by atoms with van der Waals surface area (Å²) in [6, 6.07) is 49.7. The molecule has 0 amide bonds. The molecule has 1 aliphatic carbocycles. The zero-order chi connectivity index (χ0) is 23.8. The molecule has 0 heterocycles. The Morgan fingerprint density at radius 3 is 1.06 bits per heavy atom. The monoisotopic (exact) mass is 440 g/mol. The van der Waals surface area contributed by atoms with Crippen LogP contribution in [0.3, 0.4) is 0 Å². The molecule has 0 aliphatic heterocycles. The Morgan fingerprint density at radius 1 is 0.382 bits per heavy atom. The Labute approximate surface area is 204 Å². The standard InChI is InChI=1S/C25H18.C7H8.C2H6/c1-3-11-19(12-4-1)25(20-13-5-2-6-14-20)23-17-9-7-15-21(23)22-16-8-10-18-24(22)25;1-7-5-3-2-4-6-7;1-2/h1-18H;2-6H,1H3;1-2H3. The second-order valence-corrected chi connectivity index (χ2v) is 8.23. The van der Waals surface area contributed by atoms with Crippen molar-refractivity contribution in [2.75, 3.05) is 0 Å². The predicted molar refractivity (Wildman–Crippen MR) is 146 cm³/mol. The maximum absolute atomic E-state index is 2.29. The van der Waals surface area contributed by atoms with Crippen molar-refractivity contribution in [3.05, 3.63) is 167 Å². The number of rotatable bonds is 2. The topological polar surface area (TPSA) is 0 Å². The molecule has 5 aromatic rings. The van der Waals surface area contributed by atoms with Crippen LogP contribution in [0, 0.1) is 6.92 Å². The molecule has 0 spiro atoms. The molecule has 0 unspecified atom stereocenters. The Kier molecular flexibility index (Phi) is 7.40. The number of hydrogen-bond donors (Lipinski definition) is 0. The van der Waals surface area contributed by atoms with E-state index in [1.165, 1.54) is 38.9 Å². The van der Waals surface area contributed by atoms with Crippen LogP contribution >= 0.6 is 0 Å². The lowest BCUT2D eigenvalue weighted by molar-refractivity contribution is 0.768. The van der Waals surface area contributed by atoms with E-state index < -0.39 is 0 Å². The van der Waals surface area contributed by atoms with Crippen molar-refractivity contribution in [1.29, 1.82) is 0 Å². The summed E-state index contributed by atoms with van der Waals surface area (Å²) in [6.45, 7) is 6.08. The van der Waals surface area contributed by atoms with Crippen LogP contribution in [0.1, 0.15) is 41.7 Å². The lowest BCUT2D eigenvalue weighted by atomic mass is 9.68. The Balaban J connectivity index is 0.000000260. The minimum Gasteiger partial charge on any atom is -0.0683 e. The van der Waals surface area contributed by atoms with E-state index >= 15 is 0 Å². The Hall–Kier alpha value is -3.90. The summed E-state index contributed by atoms with van der Waals surface area (Å²) in [5, 5.41) is 0. The van der Waals surface area contributed by atoms with E-state index in [0.717, 1.165) is 0 Å². The predicted octanol–water partition coefficient (Wildman–Crippen LogP) is 9.07. The third kappa shape index (κ3) is 4.20. The molecule has 0 heteroatoms. The zero-order valence-electron chi connectivity index (χ0n) is 20.3. The lowest BCUT2D eigenvalue weighted by Gasteiger charge is -2.33. The lowest BCUT2D eigenvalue weighted by Crippen LogP contribution is -2.28. The van der Waals surface area contributed by atoms with Gasteiger partial charge in [0.1, 0.15) is 0 Å². The van der Waals surface area contributed by atoms with Crippen LogP contribution in [-0.4, -0.2) is 0 Å². The molecule has 6 rings (SSSR count). The average Bonchev–Trinajstić information content (AvgIpc) is 3.23. The summed E-state index contributed by atoms with van der Waals surface area (Å²) >= 11 is 0. The molecule has 5 aromatic carbocycles. The van der Waals surface area contributed by atoms with E-state index in [-0.39, 0.29) is 5.41 Å². The van der Waals surface area contributed by atoms with Crippen LogP contribution in [0.2, 0.25) is 0 Å². The van der Waals surface area contributed by atoms with E-state index in [2.05, 4.69) is 128 Å². The van der Waals surface area contributed by atoms with Gasteiger partial charge in [-0.25, -0.2) is 0 Å². The van der Waals surface area contributed by atoms with Crippen molar-refractivity contribution in [3.8, 4) is 11.1 Å². The van der Waals surface area contributed by atoms with Gasteiger partial charge < -0.3 is 0 Å². The second-order valence-electron chi connectivity index (χ2n) is 8.23. The van der Waals surface area contributed by atoms with Gasteiger partial charge in [0.05, 0.1) is 5.41 Å². The summed E-state index contributed by atoms with van der Waals surface area (Å²) in [4.78, 5) is 0. The molecule has 0 radical (unpaired) electrons. The fourth-order valence-corrected chi connectivity index (χ4v) is 4.93. The summed E-state index contributed by atoms with van der Waals surface area (Å²) in [7, 11) is 0. The highest BCUT2D eigenvalue weighted by Gasteiger charge is 2.45. The summed E-state index contributed by atoms with van der Waals surface area (Å²) in [5.41, 5.74) is 9.12. The molecular formula is C34H32. The molecule has 0 nitrogen and oxygen atoms in total. The maximum atomic E-state index is 2.29.